The summed E-state index contributed by atoms with van der Waals surface area (Å²) < 4.78 is 7.64. The van der Waals surface area contributed by atoms with Crippen LogP contribution >= 0.6 is 24.0 Å². The molecule has 0 aliphatic rings. The number of aliphatic imine (C=N–C) groups is 1. The van der Waals surface area contributed by atoms with Crippen molar-refractivity contribution in [2.45, 2.75) is 52.1 Å². The summed E-state index contributed by atoms with van der Waals surface area (Å²) in [4.78, 5) is 8.70. The van der Waals surface area contributed by atoms with E-state index < -0.39 is 0 Å². The summed E-state index contributed by atoms with van der Waals surface area (Å²) in [5.41, 5.74) is 3.24. The third-order valence-electron chi connectivity index (χ3n) is 5.03. The molecule has 0 saturated carbocycles. The molecule has 0 atom stereocenters. The van der Waals surface area contributed by atoms with Crippen molar-refractivity contribution < 1.29 is 4.52 Å². The topological polar surface area (TPSA) is 80.3 Å². The minimum atomic E-state index is 0. The molecule has 0 aliphatic carbocycles. The zero-order chi connectivity index (χ0) is 19.8. The van der Waals surface area contributed by atoms with Crippen molar-refractivity contribution in [1.29, 1.82) is 0 Å². The maximum atomic E-state index is 5.45. The number of imidazole rings is 1. The van der Waals surface area contributed by atoms with Crippen LogP contribution in [0.4, 0.5) is 0 Å². The first-order valence-electron chi connectivity index (χ1n) is 10.0. The summed E-state index contributed by atoms with van der Waals surface area (Å²) in [5.74, 6) is 2.06. The van der Waals surface area contributed by atoms with Crippen LogP contribution in [0.25, 0.3) is 11.0 Å². The number of rotatable bonds is 9. The Morgan fingerprint density at radius 2 is 2.00 bits per heavy atom. The van der Waals surface area contributed by atoms with E-state index >= 15 is 0 Å². The smallest absolute Gasteiger partial charge is 0.191 e. The number of halogens is 1. The van der Waals surface area contributed by atoms with E-state index in [4.69, 9.17) is 4.52 Å². The van der Waals surface area contributed by atoms with Gasteiger partial charge in [0, 0.05) is 32.1 Å². The highest BCUT2D eigenvalue weighted by atomic mass is 127. The quantitative estimate of drug-likeness (QED) is 0.194. The standard InChI is InChI=1S/C21H30N6O.HI/c1-4-16(5-2)19-13-17(28-26-19)14-24-21(22-3)23-11-8-12-27-15-25-18-9-6-7-10-20(18)27;/h6-7,9-10,13,15-16H,4-5,8,11-12,14H2,1-3H3,(H2,22,23,24);1H. The molecule has 0 fully saturated rings. The molecule has 3 rings (SSSR count). The zero-order valence-corrected chi connectivity index (χ0v) is 19.7. The molecule has 8 heteroatoms. The van der Waals surface area contributed by atoms with E-state index in [9.17, 15) is 0 Å². The Hall–Kier alpha value is -2.10. The SMILES string of the molecule is CCC(CC)c1cc(CNC(=NC)NCCCn2cnc3ccccc32)on1.I. The minimum absolute atomic E-state index is 0. The van der Waals surface area contributed by atoms with Crippen molar-refractivity contribution in [3.8, 4) is 0 Å². The monoisotopic (exact) mass is 510 g/mol. The number of hydrogen-bond donors (Lipinski definition) is 2. The molecule has 0 amide bonds. The molecular formula is C21H31IN6O. The molecule has 0 spiro atoms. The van der Waals surface area contributed by atoms with Crippen LogP contribution in [0.5, 0.6) is 0 Å². The molecule has 7 nitrogen and oxygen atoms in total. The lowest BCUT2D eigenvalue weighted by Gasteiger charge is -2.11. The molecule has 3 aromatic rings. The molecule has 2 heterocycles. The highest BCUT2D eigenvalue weighted by molar-refractivity contribution is 14.0. The van der Waals surface area contributed by atoms with Crippen LogP contribution in [0.2, 0.25) is 0 Å². The molecule has 0 aliphatic heterocycles. The predicted molar refractivity (Wildman–Crippen MR) is 128 cm³/mol. The summed E-state index contributed by atoms with van der Waals surface area (Å²) >= 11 is 0. The van der Waals surface area contributed by atoms with Crippen molar-refractivity contribution >= 4 is 41.0 Å². The van der Waals surface area contributed by atoms with Crippen LogP contribution in [0.1, 0.15) is 50.5 Å². The average Bonchev–Trinajstić information content (AvgIpc) is 3.36. The van der Waals surface area contributed by atoms with Crippen molar-refractivity contribution in [2.75, 3.05) is 13.6 Å². The molecule has 158 valence electrons. The molecular weight excluding hydrogens is 479 g/mol. The van der Waals surface area contributed by atoms with E-state index in [1.165, 1.54) is 5.52 Å². The van der Waals surface area contributed by atoms with E-state index in [1.54, 1.807) is 7.05 Å². The predicted octanol–water partition coefficient (Wildman–Crippen LogP) is 4.30. The first-order valence-corrected chi connectivity index (χ1v) is 10.0. The number of aryl methyl sites for hydroxylation is 1. The van der Waals surface area contributed by atoms with Gasteiger partial charge in [-0.15, -0.1) is 24.0 Å². The number of para-hydroxylation sites is 2. The van der Waals surface area contributed by atoms with Crippen molar-refractivity contribution in [3.63, 3.8) is 0 Å². The molecule has 1 aromatic carbocycles. The zero-order valence-electron chi connectivity index (χ0n) is 17.4. The van der Waals surface area contributed by atoms with E-state index in [0.29, 0.717) is 12.5 Å². The first-order chi connectivity index (χ1) is 13.7. The molecule has 2 aromatic heterocycles. The van der Waals surface area contributed by atoms with Crippen LogP contribution < -0.4 is 10.6 Å². The number of fused-ring (bicyclic) bond motifs is 1. The lowest BCUT2D eigenvalue weighted by Crippen LogP contribution is -2.37. The van der Waals surface area contributed by atoms with Gasteiger partial charge in [0.25, 0.3) is 0 Å². The van der Waals surface area contributed by atoms with Crippen LogP contribution in [0.3, 0.4) is 0 Å². The Kier molecular flexibility index (Phi) is 9.43. The van der Waals surface area contributed by atoms with Gasteiger partial charge >= 0.3 is 0 Å². The van der Waals surface area contributed by atoms with Crippen molar-refractivity contribution in [3.05, 3.63) is 48.1 Å². The molecule has 0 saturated heterocycles. The molecule has 0 bridgehead atoms. The van der Waals surface area contributed by atoms with Gasteiger partial charge in [-0.3, -0.25) is 4.99 Å². The van der Waals surface area contributed by atoms with Gasteiger partial charge in [0.05, 0.1) is 29.6 Å². The third-order valence-corrected chi connectivity index (χ3v) is 5.03. The fourth-order valence-corrected chi connectivity index (χ4v) is 3.35. The summed E-state index contributed by atoms with van der Waals surface area (Å²) in [6, 6.07) is 10.2. The van der Waals surface area contributed by atoms with Gasteiger partial charge in [0.2, 0.25) is 0 Å². The van der Waals surface area contributed by atoms with E-state index in [0.717, 1.165) is 55.3 Å². The van der Waals surface area contributed by atoms with Gasteiger partial charge < -0.3 is 19.7 Å². The van der Waals surface area contributed by atoms with Crippen molar-refractivity contribution in [1.82, 2.24) is 25.3 Å². The highest BCUT2D eigenvalue weighted by Crippen LogP contribution is 2.22. The van der Waals surface area contributed by atoms with Gasteiger partial charge in [-0.05, 0) is 31.4 Å². The molecule has 29 heavy (non-hydrogen) atoms. The van der Waals surface area contributed by atoms with E-state index in [-0.39, 0.29) is 24.0 Å². The maximum Gasteiger partial charge on any atom is 0.191 e. The Morgan fingerprint density at radius 3 is 2.76 bits per heavy atom. The van der Waals surface area contributed by atoms with E-state index in [2.05, 4.69) is 50.2 Å². The number of benzene rings is 1. The van der Waals surface area contributed by atoms with E-state index in [1.807, 2.05) is 30.6 Å². The fraction of sp³-hybridized carbons (Fsp3) is 0.476. The third kappa shape index (κ3) is 6.19. The first kappa shape index (κ1) is 23.2. The summed E-state index contributed by atoms with van der Waals surface area (Å²) in [6.45, 7) is 6.66. The van der Waals surface area contributed by atoms with Crippen LogP contribution in [0, 0.1) is 0 Å². The van der Waals surface area contributed by atoms with Gasteiger partial charge in [-0.1, -0.05) is 31.1 Å². The number of nitrogens with one attached hydrogen (secondary N) is 2. The number of hydrogen-bond acceptors (Lipinski definition) is 4. The minimum Gasteiger partial charge on any atom is -0.359 e. The Morgan fingerprint density at radius 1 is 1.21 bits per heavy atom. The van der Waals surface area contributed by atoms with Crippen LogP contribution in [-0.2, 0) is 13.1 Å². The molecule has 2 N–H and O–H groups in total. The van der Waals surface area contributed by atoms with Crippen LogP contribution in [-0.4, -0.2) is 34.3 Å². The van der Waals surface area contributed by atoms with Crippen molar-refractivity contribution in [2.24, 2.45) is 4.99 Å². The molecule has 0 radical (unpaired) electrons. The lowest BCUT2D eigenvalue weighted by atomic mass is 9.99. The second kappa shape index (κ2) is 11.8. The van der Waals surface area contributed by atoms with Gasteiger partial charge in [0.1, 0.15) is 0 Å². The van der Waals surface area contributed by atoms with Gasteiger partial charge in [-0.25, -0.2) is 4.98 Å². The fourth-order valence-electron chi connectivity index (χ4n) is 3.35. The maximum absolute atomic E-state index is 5.45. The largest absolute Gasteiger partial charge is 0.359 e. The second-order valence-corrected chi connectivity index (χ2v) is 6.86. The average molecular weight is 510 g/mol. The Balaban J connectivity index is 0.00000300. The summed E-state index contributed by atoms with van der Waals surface area (Å²) in [5, 5.41) is 10.8. The number of aromatic nitrogens is 3. The number of nitrogens with zero attached hydrogens (tertiary/aromatic N) is 4. The normalized spacial score (nSPS) is 11.7. The van der Waals surface area contributed by atoms with Gasteiger partial charge in [0.15, 0.2) is 11.7 Å². The Labute approximate surface area is 189 Å². The molecule has 0 unspecified atom stereocenters. The van der Waals surface area contributed by atoms with Crippen LogP contribution in [0.15, 0.2) is 46.2 Å². The summed E-state index contributed by atoms with van der Waals surface area (Å²) in [6.07, 6.45) is 5.03. The lowest BCUT2D eigenvalue weighted by molar-refractivity contribution is 0.368. The van der Waals surface area contributed by atoms with Gasteiger partial charge in [-0.2, -0.15) is 0 Å². The highest BCUT2D eigenvalue weighted by Gasteiger charge is 2.13. The number of guanidine groups is 1. The summed E-state index contributed by atoms with van der Waals surface area (Å²) in [7, 11) is 1.77. The Bertz CT molecular complexity index is 899. The second-order valence-electron chi connectivity index (χ2n) is 6.86.